The van der Waals surface area contributed by atoms with Crippen LogP contribution in [0.1, 0.15) is 11.7 Å². The molecule has 0 aromatic heterocycles. The van der Waals surface area contributed by atoms with Crippen LogP contribution in [-0.4, -0.2) is 25.1 Å². The minimum absolute atomic E-state index is 0.0957. The van der Waals surface area contributed by atoms with Gasteiger partial charge in [-0.1, -0.05) is 12.1 Å². The molecule has 0 fully saturated rings. The van der Waals surface area contributed by atoms with Gasteiger partial charge in [-0.2, -0.15) is 0 Å². The molecule has 4 nitrogen and oxygen atoms in total. The van der Waals surface area contributed by atoms with E-state index in [4.69, 9.17) is 10.1 Å². The number of aliphatic hydroxyl groups is 1. The molecule has 0 radical (unpaired) electrons. The van der Waals surface area contributed by atoms with Crippen molar-refractivity contribution in [3.63, 3.8) is 0 Å². The number of aliphatic hydroxyl groups excluding tert-OH is 1. The summed E-state index contributed by atoms with van der Waals surface area (Å²) in [5, 5.41) is 16.6. The largest absolute Gasteiger partial charge is 0.503 e. The normalized spacial score (nSPS) is 19.2. The number of nitrogens with zero attached hydrogens (tertiary/aromatic N) is 1. The summed E-state index contributed by atoms with van der Waals surface area (Å²) in [6.07, 6.45) is 1.19. The third kappa shape index (κ3) is 1.86. The predicted molar refractivity (Wildman–Crippen MR) is 63.0 cm³/mol. The molecule has 0 amide bonds. The lowest BCUT2D eigenvalue weighted by atomic mass is 10.1. The predicted octanol–water partition coefficient (Wildman–Crippen LogP) is 2.24. The van der Waals surface area contributed by atoms with Crippen LogP contribution < -0.4 is 4.90 Å². The van der Waals surface area contributed by atoms with Crippen LogP contribution in [-0.2, 0) is 4.74 Å². The molecule has 0 spiro atoms. The van der Waals surface area contributed by atoms with E-state index in [1.165, 1.54) is 6.08 Å². The van der Waals surface area contributed by atoms with Crippen LogP contribution in [0.5, 0.6) is 0 Å². The first-order chi connectivity index (χ1) is 7.58. The van der Waals surface area contributed by atoms with Crippen LogP contribution >= 0.6 is 0 Å². The smallest absolute Gasteiger partial charge is 0.250 e. The second-order valence-electron chi connectivity index (χ2n) is 3.91. The second-order valence-corrected chi connectivity index (χ2v) is 3.91. The van der Waals surface area contributed by atoms with Crippen molar-refractivity contribution in [1.82, 2.24) is 0 Å². The molecule has 2 rings (SSSR count). The maximum Gasteiger partial charge on any atom is 0.250 e. The van der Waals surface area contributed by atoms with Gasteiger partial charge in [0.05, 0.1) is 0 Å². The van der Waals surface area contributed by atoms with Crippen LogP contribution in [0.25, 0.3) is 0 Å². The fourth-order valence-electron chi connectivity index (χ4n) is 1.57. The van der Waals surface area contributed by atoms with Gasteiger partial charge in [0.25, 0.3) is 0 Å². The van der Waals surface area contributed by atoms with Crippen LogP contribution in [0, 0.1) is 5.41 Å². The molecule has 16 heavy (non-hydrogen) atoms. The summed E-state index contributed by atoms with van der Waals surface area (Å²) in [6.45, 7) is 0. The average Bonchev–Trinajstić information content (AvgIpc) is 2.59. The van der Waals surface area contributed by atoms with Gasteiger partial charge >= 0.3 is 0 Å². The monoisotopic (exact) mass is 218 g/mol. The van der Waals surface area contributed by atoms with E-state index in [1.54, 1.807) is 0 Å². The Morgan fingerprint density at radius 3 is 2.31 bits per heavy atom. The van der Waals surface area contributed by atoms with Crippen molar-refractivity contribution in [3.8, 4) is 0 Å². The Balaban J connectivity index is 2.20. The van der Waals surface area contributed by atoms with Crippen LogP contribution in [0.4, 0.5) is 5.69 Å². The fraction of sp³-hybridized carbons (Fsp3) is 0.250. The Hall–Kier alpha value is -1.97. The summed E-state index contributed by atoms with van der Waals surface area (Å²) in [7, 11) is 3.95. The Labute approximate surface area is 94.3 Å². The molecule has 4 heteroatoms. The first-order valence-electron chi connectivity index (χ1n) is 5.01. The van der Waals surface area contributed by atoms with Gasteiger partial charge in [0.2, 0.25) is 5.90 Å². The van der Waals surface area contributed by atoms with Gasteiger partial charge in [0.15, 0.2) is 5.76 Å². The van der Waals surface area contributed by atoms with Crippen molar-refractivity contribution in [1.29, 1.82) is 5.41 Å². The summed E-state index contributed by atoms with van der Waals surface area (Å²) < 4.78 is 5.19. The number of benzene rings is 1. The topological polar surface area (TPSA) is 56.5 Å². The Bertz CT molecular complexity index is 435. The van der Waals surface area contributed by atoms with E-state index in [9.17, 15) is 5.11 Å². The van der Waals surface area contributed by atoms with Crippen LogP contribution in [0.3, 0.4) is 0 Å². The Kier molecular flexibility index (Phi) is 2.56. The number of hydrogen-bond donors (Lipinski definition) is 2. The first-order valence-corrected chi connectivity index (χ1v) is 5.01. The number of anilines is 1. The van der Waals surface area contributed by atoms with E-state index in [2.05, 4.69) is 0 Å². The molecule has 1 atom stereocenters. The Morgan fingerprint density at radius 2 is 1.88 bits per heavy atom. The van der Waals surface area contributed by atoms with Gasteiger partial charge in [-0.05, 0) is 17.7 Å². The van der Waals surface area contributed by atoms with Gasteiger partial charge in [-0.3, -0.25) is 5.41 Å². The maximum absolute atomic E-state index is 9.28. The molecule has 0 saturated heterocycles. The van der Waals surface area contributed by atoms with Crippen molar-refractivity contribution in [3.05, 3.63) is 41.7 Å². The summed E-state index contributed by atoms with van der Waals surface area (Å²) >= 11 is 0. The van der Waals surface area contributed by atoms with E-state index < -0.39 is 0 Å². The van der Waals surface area contributed by atoms with Crippen LogP contribution in [0.2, 0.25) is 0 Å². The second kappa shape index (κ2) is 3.89. The molecular formula is C12H14N2O2. The third-order valence-corrected chi connectivity index (χ3v) is 2.52. The maximum atomic E-state index is 9.28. The molecule has 1 aromatic rings. The van der Waals surface area contributed by atoms with E-state index >= 15 is 0 Å². The van der Waals surface area contributed by atoms with Gasteiger partial charge in [0, 0.05) is 25.9 Å². The molecule has 0 aliphatic carbocycles. The molecule has 84 valence electrons. The van der Waals surface area contributed by atoms with E-state index in [1.807, 2.05) is 43.3 Å². The SMILES string of the molecule is CN(C)c1ccc(C2C=C(O)C(=N)O2)cc1. The first kappa shape index (κ1) is 10.5. The highest BCUT2D eigenvalue weighted by atomic mass is 16.5. The zero-order valence-electron chi connectivity index (χ0n) is 9.27. The summed E-state index contributed by atoms with van der Waals surface area (Å²) in [5.41, 5.74) is 2.03. The molecule has 0 bridgehead atoms. The molecule has 0 saturated carbocycles. The minimum atomic E-state index is -0.344. The van der Waals surface area contributed by atoms with Crippen molar-refractivity contribution >= 4 is 11.6 Å². The lowest BCUT2D eigenvalue weighted by Gasteiger charge is -2.14. The van der Waals surface area contributed by atoms with Crippen LogP contribution in [0.15, 0.2) is 36.1 Å². The van der Waals surface area contributed by atoms with Crippen molar-refractivity contribution in [2.24, 2.45) is 0 Å². The van der Waals surface area contributed by atoms with E-state index in [-0.39, 0.29) is 17.8 Å². The molecule has 1 aliphatic rings. The Morgan fingerprint density at radius 1 is 1.25 bits per heavy atom. The third-order valence-electron chi connectivity index (χ3n) is 2.52. The number of rotatable bonds is 2. The highest BCUT2D eigenvalue weighted by Crippen LogP contribution is 2.27. The number of hydrogen-bond acceptors (Lipinski definition) is 4. The van der Waals surface area contributed by atoms with E-state index in [0.29, 0.717) is 0 Å². The minimum Gasteiger partial charge on any atom is -0.503 e. The molecule has 1 heterocycles. The molecule has 2 N–H and O–H groups in total. The van der Waals surface area contributed by atoms with Crippen molar-refractivity contribution in [2.75, 3.05) is 19.0 Å². The average molecular weight is 218 g/mol. The number of ether oxygens (including phenoxy) is 1. The highest BCUT2D eigenvalue weighted by Gasteiger charge is 2.23. The fourth-order valence-corrected chi connectivity index (χ4v) is 1.57. The molecular weight excluding hydrogens is 204 g/mol. The highest BCUT2D eigenvalue weighted by molar-refractivity contribution is 5.90. The van der Waals surface area contributed by atoms with Gasteiger partial charge in [-0.25, -0.2) is 0 Å². The molecule has 1 aromatic carbocycles. The molecule has 1 unspecified atom stereocenters. The molecule has 1 aliphatic heterocycles. The lowest BCUT2D eigenvalue weighted by molar-refractivity contribution is 0.251. The lowest BCUT2D eigenvalue weighted by Crippen LogP contribution is -2.08. The zero-order chi connectivity index (χ0) is 11.7. The summed E-state index contributed by atoms with van der Waals surface area (Å²) in [6, 6.07) is 7.82. The quantitative estimate of drug-likeness (QED) is 0.800. The van der Waals surface area contributed by atoms with E-state index in [0.717, 1.165) is 11.3 Å². The standard InChI is InChI=1S/C12H14N2O2/c1-14(2)9-5-3-8(4-6-9)11-7-10(15)12(13)16-11/h3-7,11,13,15H,1-2H3. The van der Waals surface area contributed by atoms with Crippen molar-refractivity contribution in [2.45, 2.75) is 6.10 Å². The van der Waals surface area contributed by atoms with Gasteiger partial charge in [-0.15, -0.1) is 0 Å². The summed E-state index contributed by atoms with van der Waals surface area (Å²) in [4.78, 5) is 2.01. The summed E-state index contributed by atoms with van der Waals surface area (Å²) in [5.74, 6) is -0.261. The zero-order valence-corrected chi connectivity index (χ0v) is 9.27. The number of nitrogens with one attached hydrogen (secondary N) is 1. The van der Waals surface area contributed by atoms with Gasteiger partial charge in [0.1, 0.15) is 6.10 Å². The van der Waals surface area contributed by atoms with Gasteiger partial charge < -0.3 is 14.7 Å². The van der Waals surface area contributed by atoms with Crippen molar-refractivity contribution < 1.29 is 9.84 Å².